The molecule has 0 aliphatic carbocycles. The van der Waals surface area contributed by atoms with Crippen LogP contribution in [0.5, 0.6) is 0 Å². The van der Waals surface area contributed by atoms with Crippen LogP contribution in [0.3, 0.4) is 0 Å². The van der Waals surface area contributed by atoms with Crippen LogP contribution in [0.4, 0.5) is 0 Å². The van der Waals surface area contributed by atoms with Gasteiger partial charge in [0.05, 0.1) is 11.5 Å². The lowest BCUT2D eigenvalue weighted by Crippen LogP contribution is -2.39. The number of sulfone groups is 1. The topological polar surface area (TPSA) is 59.8 Å². The van der Waals surface area contributed by atoms with Gasteiger partial charge in [0.1, 0.15) is 17.6 Å². The molecule has 1 aliphatic heterocycles. The number of benzene rings is 1. The largest absolute Gasteiger partial charge is 0.464 e. The maximum atomic E-state index is 11.6. The first-order chi connectivity index (χ1) is 11.3. The first-order valence-corrected chi connectivity index (χ1v) is 9.96. The molecule has 2 aromatic rings. The van der Waals surface area contributed by atoms with Crippen molar-refractivity contribution in [2.75, 3.05) is 26.0 Å². The molecule has 6 heteroatoms. The number of furan rings is 1. The Morgan fingerprint density at radius 2 is 1.88 bits per heavy atom. The van der Waals surface area contributed by atoms with Crippen molar-refractivity contribution in [3.63, 3.8) is 0 Å². The number of rotatable bonds is 4. The van der Waals surface area contributed by atoms with E-state index >= 15 is 0 Å². The van der Waals surface area contributed by atoms with Crippen LogP contribution >= 0.6 is 0 Å². The Kier molecular flexibility index (Phi) is 4.80. The van der Waals surface area contributed by atoms with E-state index in [2.05, 4.69) is 11.8 Å². The van der Waals surface area contributed by atoms with Crippen molar-refractivity contribution in [1.82, 2.24) is 4.90 Å². The smallest absolute Gasteiger partial charge is 0.175 e. The molecule has 24 heavy (non-hydrogen) atoms. The Hall–Kier alpha value is -1.63. The van der Waals surface area contributed by atoms with Gasteiger partial charge in [-0.25, -0.2) is 8.42 Å². The van der Waals surface area contributed by atoms with Gasteiger partial charge in [0, 0.05) is 25.4 Å². The number of ether oxygens (including phenoxy) is 1. The minimum Gasteiger partial charge on any atom is -0.464 e. The van der Waals surface area contributed by atoms with Crippen molar-refractivity contribution in [1.29, 1.82) is 0 Å². The lowest BCUT2D eigenvalue weighted by molar-refractivity contribution is -0.0525. The third-order valence-electron chi connectivity index (χ3n) is 4.51. The Labute approximate surface area is 143 Å². The summed E-state index contributed by atoms with van der Waals surface area (Å²) in [6.07, 6.45) is 1.16. The van der Waals surface area contributed by atoms with Gasteiger partial charge in [0.25, 0.3) is 0 Å². The molecule has 1 aromatic carbocycles. The van der Waals surface area contributed by atoms with E-state index in [0.29, 0.717) is 11.5 Å². The number of nitrogens with zero attached hydrogens (tertiary/aromatic N) is 1. The molecule has 0 N–H and O–H groups in total. The fourth-order valence-electron chi connectivity index (χ4n) is 3.02. The van der Waals surface area contributed by atoms with E-state index in [0.717, 1.165) is 30.2 Å². The molecule has 1 aromatic heterocycles. The van der Waals surface area contributed by atoms with Crippen LogP contribution < -0.4 is 0 Å². The van der Waals surface area contributed by atoms with Crippen molar-refractivity contribution in [2.24, 2.45) is 0 Å². The molecule has 2 heterocycles. The Morgan fingerprint density at radius 3 is 2.46 bits per heavy atom. The molecule has 0 amide bonds. The zero-order valence-corrected chi connectivity index (χ0v) is 15.0. The molecule has 0 radical (unpaired) electrons. The summed E-state index contributed by atoms with van der Waals surface area (Å²) < 4.78 is 34.7. The zero-order valence-electron chi connectivity index (χ0n) is 14.2. The van der Waals surface area contributed by atoms with Gasteiger partial charge in [-0.3, -0.25) is 4.90 Å². The van der Waals surface area contributed by atoms with Crippen LogP contribution in [-0.2, 0) is 14.6 Å². The van der Waals surface area contributed by atoms with Crippen molar-refractivity contribution < 1.29 is 17.6 Å². The highest BCUT2D eigenvalue weighted by atomic mass is 32.2. The summed E-state index contributed by atoms with van der Waals surface area (Å²) in [6.45, 7) is 6.30. The van der Waals surface area contributed by atoms with Crippen LogP contribution in [-0.4, -0.2) is 39.3 Å². The average Bonchev–Trinajstić information content (AvgIpc) is 3.00. The van der Waals surface area contributed by atoms with Gasteiger partial charge in [-0.1, -0.05) is 12.1 Å². The highest BCUT2D eigenvalue weighted by molar-refractivity contribution is 7.90. The minimum absolute atomic E-state index is 0.0646. The van der Waals surface area contributed by atoms with Crippen molar-refractivity contribution >= 4 is 9.84 Å². The molecule has 0 saturated carbocycles. The Balaban J connectivity index is 1.73. The van der Waals surface area contributed by atoms with Gasteiger partial charge in [0.2, 0.25) is 0 Å². The lowest BCUT2D eigenvalue weighted by Gasteiger charge is -2.36. The molecular formula is C18H23NO4S. The highest BCUT2D eigenvalue weighted by Crippen LogP contribution is 2.29. The molecule has 1 saturated heterocycles. The van der Waals surface area contributed by atoms with Gasteiger partial charge in [-0.2, -0.15) is 0 Å². The predicted octanol–water partition coefficient (Wildman–Crippen LogP) is 3.13. The van der Waals surface area contributed by atoms with E-state index < -0.39 is 9.84 Å². The van der Waals surface area contributed by atoms with E-state index in [1.165, 1.54) is 6.26 Å². The molecule has 5 nitrogen and oxygen atoms in total. The van der Waals surface area contributed by atoms with E-state index in [1.807, 2.05) is 31.2 Å². The third-order valence-corrected chi connectivity index (χ3v) is 5.64. The Bertz CT molecular complexity index is 795. The second-order valence-corrected chi connectivity index (χ2v) is 8.34. The molecule has 0 unspecified atom stereocenters. The summed E-state index contributed by atoms with van der Waals surface area (Å²) in [5, 5.41) is 0. The summed E-state index contributed by atoms with van der Waals surface area (Å²) in [7, 11) is -3.16. The van der Waals surface area contributed by atoms with Crippen molar-refractivity contribution in [3.8, 4) is 0 Å². The molecular weight excluding hydrogens is 326 g/mol. The van der Waals surface area contributed by atoms with E-state index in [1.54, 1.807) is 12.1 Å². The maximum absolute atomic E-state index is 11.6. The summed E-state index contributed by atoms with van der Waals surface area (Å²) in [5.74, 6) is 1.74. The quantitative estimate of drug-likeness (QED) is 0.849. The average molecular weight is 349 g/mol. The fourth-order valence-corrected chi connectivity index (χ4v) is 3.65. The highest BCUT2D eigenvalue weighted by Gasteiger charge is 2.27. The number of hydrogen-bond acceptors (Lipinski definition) is 5. The third kappa shape index (κ3) is 3.71. The molecule has 0 bridgehead atoms. The van der Waals surface area contributed by atoms with Gasteiger partial charge in [-0.05, 0) is 43.7 Å². The van der Waals surface area contributed by atoms with Gasteiger partial charge in [0.15, 0.2) is 9.84 Å². The van der Waals surface area contributed by atoms with Crippen LogP contribution in [0.25, 0.3) is 0 Å². The van der Waals surface area contributed by atoms with Crippen LogP contribution in [0.15, 0.2) is 45.7 Å². The van der Waals surface area contributed by atoms with Crippen molar-refractivity contribution in [2.45, 2.75) is 30.9 Å². The van der Waals surface area contributed by atoms with Crippen molar-refractivity contribution in [3.05, 3.63) is 53.5 Å². The maximum Gasteiger partial charge on any atom is 0.175 e. The minimum atomic E-state index is -3.16. The zero-order chi connectivity index (χ0) is 17.3. The first kappa shape index (κ1) is 17.2. The van der Waals surface area contributed by atoms with Gasteiger partial charge < -0.3 is 9.15 Å². The predicted molar refractivity (Wildman–Crippen MR) is 91.7 cm³/mol. The van der Waals surface area contributed by atoms with Gasteiger partial charge >= 0.3 is 0 Å². The number of morpholine rings is 1. The summed E-state index contributed by atoms with van der Waals surface area (Å²) >= 11 is 0. The second kappa shape index (κ2) is 6.70. The van der Waals surface area contributed by atoms with Gasteiger partial charge in [-0.15, -0.1) is 0 Å². The molecule has 1 fully saturated rings. The standard InChI is InChI=1S/C18H23NO4S/c1-13-4-9-17(23-13)18-12-19(10-11-22-18)14(2)15-5-7-16(8-6-15)24(3,20)21/h4-9,14,18H,10-12H2,1-3H3/t14-,18-/m0/s1. The van der Waals surface area contributed by atoms with Crippen LogP contribution in [0, 0.1) is 6.92 Å². The number of hydrogen-bond donors (Lipinski definition) is 0. The van der Waals surface area contributed by atoms with E-state index in [9.17, 15) is 8.42 Å². The normalized spacial score (nSPS) is 20.9. The molecule has 0 spiro atoms. The first-order valence-electron chi connectivity index (χ1n) is 8.06. The SMILES string of the molecule is Cc1ccc([C@@H]2CN([C@@H](C)c3ccc(S(C)(=O)=O)cc3)CCO2)o1. The summed E-state index contributed by atoms with van der Waals surface area (Å²) in [4.78, 5) is 2.69. The lowest BCUT2D eigenvalue weighted by atomic mass is 10.1. The monoisotopic (exact) mass is 349 g/mol. The molecule has 1 aliphatic rings. The van der Waals surface area contributed by atoms with Crippen LogP contribution in [0.2, 0.25) is 0 Å². The fraction of sp³-hybridized carbons (Fsp3) is 0.444. The number of aryl methyl sites for hydroxylation is 1. The molecule has 3 rings (SSSR count). The Morgan fingerprint density at radius 1 is 1.17 bits per heavy atom. The van der Waals surface area contributed by atoms with Crippen LogP contribution in [0.1, 0.15) is 36.2 Å². The van der Waals surface area contributed by atoms with E-state index in [4.69, 9.17) is 9.15 Å². The second-order valence-electron chi connectivity index (χ2n) is 6.32. The summed E-state index contributed by atoms with van der Waals surface area (Å²) in [5.41, 5.74) is 1.10. The molecule has 130 valence electrons. The molecule has 2 atom stereocenters. The van der Waals surface area contributed by atoms with E-state index in [-0.39, 0.29) is 12.1 Å². The summed E-state index contributed by atoms with van der Waals surface area (Å²) in [6, 6.07) is 11.2.